The first-order valence-electron chi connectivity index (χ1n) is 14.0. The maximum absolute atomic E-state index is 14.1. The SMILES string of the molecule is CC1(C(=O)Nc2n[nH]c(-c3cccc(-c4ccc5[nH]ccc5c4)c3)n2)CC2(C#N)c3ccccc3C1c1ccccc12. The Morgan fingerprint density at radius 2 is 1.62 bits per heavy atom. The van der Waals surface area contributed by atoms with Crippen molar-refractivity contribution < 1.29 is 4.79 Å². The Balaban J connectivity index is 1.12. The minimum Gasteiger partial charge on any atom is -0.361 e. The van der Waals surface area contributed by atoms with Crippen LogP contribution in [-0.4, -0.2) is 26.1 Å². The second-order valence-corrected chi connectivity index (χ2v) is 11.5. The van der Waals surface area contributed by atoms with Crippen LogP contribution in [0.4, 0.5) is 5.95 Å². The number of benzene rings is 4. The maximum atomic E-state index is 14.1. The fourth-order valence-corrected chi connectivity index (χ4v) is 7.26. The summed E-state index contributed by atoms with van der Waals surface area (Å²) < 4.78 is 0. The summed E-state index contributed by atoms with van der Waals surface area (Å²) in [5.74, 6) is 0.390. The van der Waals surface area contributed by atoms with Crippen LogP contribution in [-0.2, 0) is 10.2 Å². The van der Waals surface area contributed by atoms with Crippen molar-refractivity contribution in [1.29, 1.82) is 5.26 Å². The first-order chi connectivity index (χ1) is 20.5. The molecule has 0 aliphatic heterocycles. The summed E-state index contributed by atoms with van der Waals surface area (Å²) in [6.45, 7) is 1.96. The molecule has 2 heterocycles. The number of fused-ring (bicyclic) bond motifs is 2. The Kier molecular flexibility index (Phi) is 5.07. The van der Waals surface area contributed by atoms with Gasteiger partial charge in [-0.25, -0.2) is 0 Å². The molecule has 3 aliphatic carbocycles. The predicted octanol–water partition coefficient (Wildman–Crippen LogP) is 6.92. The third-order valence-corrected chi connectivity index (χ3v) is 9.18. The van der Waals surface area contributed by atoms with Crippen LogP contribution in [0.15, 0.2) is 103 Å². The Bertz CT molecular complexity index is 2030. The molecule has 3 aliphatic rings. The van der Waals surface area contributed by atoms with Gasteiger partial charge in [0.1, 0.15) is 5.41 Å². The lowest BCUT2D eigenvalue weighted by molar-refractivity contribution is -0.127. The second kappa shape index (κ2) is 8.76. The van der Waals surface area contributed by atoms with Crippen LogP contribution in [0.3, 0.4) is 0 Å². The zero-order chi connectivity index (χ0) is 28.5. The molecule has 4 aromatic carbocycles. The fourth-order valence-electron chi connectivity index (χ4n) is 7.26. The number of nitrogens with zero attached hydrogens (tertiary/aromatic N) is 3. The molecule has 202 valence electrons. The van der Waals surface area contributed by atoms with E-state index in [0.29, 0.717) is 12.2 Å². The van der Waals surface area contributed by atoms with Crippen molar-refractivity contribution >= 4 is 22.8 Å². The van der Waals surface area contributed by atoms with Gasteiger partial charge in [-0.3, -0.25) is 15.2 Å². The lowest BCUT2D eigenvalue weighted by Gasteiger charge is -2.54. The largest absolute Gasteiger partial charge is 0.361 e. The minimum absolute atomic E-state index is 0.187. The van der Waals surface area contributed by atoms with E-state index in [1.54, 1.807) is 0 Å². The Morgan fingerprint density at radius 1 is 0.905 bits per heavy atom. The summed E-state index contributed by atoms with van der Waals surface area (Å²) >= 11 is 0. The van der Waals surface area contributed by atoms with Gasteiger partial charge in [-0.05, 0) is 76.4 Å². The number of hydrogen-bond acceptors (Lipinski definition) is 4. The first-order valence-corrected chi connectivity index (χ1v) is 14.0. The van der Waals surface area contributed by atoms with E-state index >= 15 is 0 Å². The molecule has 2 aromatic heterocycles. The number of nitrogens with one attached hydrogen (secondary N) is 3. The highest BCUT2D eigenvalue weighted by Crippen LogP contribution is 2.63. The molecule has 1 atom stereocenters. The number of carbonyl (C=O) groups is 1. The van der Waals surface area contributed by atoms with Crippen LogP contribution in [0, 0.1) is 16.7 Å². The minimum atomic E-state index is -0.901. The van der Waals surface area contributed by atoms with Gasteiger partial charge in [0, 0.05) is 23.2 Å². The molecule has 1 unspecified atom stereocenters. The molecular weight excluding hydrogens is 520 g/mol. The highest BCUT2D eigenvalue weighted by Gasteiger charge is 2.61. The normalized spacial score (nSPS) is 21.9. The third kappa shape index (κ3) is 3.36. The topological polar surface area (TPSA) is 110 Å². The third-order valence-electron chi connectivity index (χ3n) is 9.18. The number of anilines is 1. The second-order valence-electron chi connectivity index (χ2n) is 11.5. The van der Waals surface area contributed by atoms with Crippen LogP contribution < -0.4 is 5.32 Å². The standard InChI is InChI=1S/C35H26N6O/c1-34(19-35(20-36)27-11-4-2-9-25(27)30(34)26-10-3-5-12-28(26)35)32(42)39-33-38-31(40-41-33)24-8-6-7-21(18-24)22-13-14-29-23(17-22)15-16-37-29/h2-18,30,37H,19H2,1H3,(H2,38,39,40,41,42). The number of hydrogen-bond donors (Lipinski definition) is 3. The van der Waals surface area contributed by atoms with Crippen molar-refractivity contribution in [3.05, 3.63) is 126 Å². The molecule has 9 rings (SSSR count). The van der Waals surface area contributed by atoms with E-state index in [1.807, 2.05) is 61.7 Å². The van der Waals surface area contributed by atoms with E-state index in [9.17, 15) is 10.1 Å². The summed E-state index contributed by atoms with van der Waals surface area (Å²) in [5.41, 5.74) is 6.40. The molecule has 6 aromatic rings. The van der Waals surface area contributed by atoms with Crippen molar-refractivity contribution in [2.45, 2.75) is 24.7 Å². The fraction of sp³-hybridized carbons (Fsp3) is 0.143. The Hall–Kier alpha value is -5.48. The quantitative estimate of drug-likeness (QED) is 0.223. The summed E-state index contributed by atoms with van der Waals surface area (Å²) in [4.78, 5) is 22.0. The molecule has 0 spiro atoms. The summed E-state index contributed by atoms with van der Waals surface area (Å²) in [6.07, 6.45) is 2.32. The molecule has 7 heteroatoms. The van der Waals surface area contributed by atoms with Crippen LogP contribution >= 0.6 is 0 Å². The number of rotatable bonds is 4. The van der Waals surface area contributed by atoms with Gasteiger partial charge in [-0.2, -0.15) is 10.2 Å². The number of aromatic amines is 2. The van der Waals surface area contributed by atoms with Crippen LogP contribution in [0.5, 0.6) is 0 Å². The number of aromatic nitrogens is 4. The van der Waals surface area contributed by atoms with Gasteiger partial charge in [0.15, 0.2) is 5.82 Å². The van der Waals surface area contributed by atoms with Gasteiger partial charge in [0.2, 0.25) is 11.9 Å². The zero-order valence-electron chi connectivity index (χ0n) is 22.8. The smallest absolute Gasteiger partial charge is 0.249 e. The number of amides is 1. The lowest BCUT2D eigenvalue weighted by atomic mass is 9.47. The molecule has 0 fully saturated rings. The monoisotopic (exact) mass is 546 g/mol. The number of carbonyl (C=O) groups excluding carboxylic acids is 1. The number of H-pyrrole nitrogens is 2. The molecular formula is C35H26N6O. The van der Waals surface area contributed by atoms with Gasteiger partial charge < -0.3 is 4.98 Å². The van der Waals surface area contributed by atoms with Crippen molar-refractivity contribution in [3.63, 3.8) is 0 Å². The molecule has 3 N–H and O–H groups in total. The van der Waals surface area contributed by atoms with Crippen molar-refractivity contribution in [2.75, 3.05) is 5.32 Å². The van der Waals surface area contributed by atoms with Crippen LogP contribution in [0.2, 0.25) is 0 Å². The molecule has 0 saturated heterocycles. The molecule has 42 heavy (non-hydrogen) atoms. The Morgan fingerprint density at radius 3 is 2.38 bits per heavy atom. The van der Waals surface area contributed by atoms with Crippen LogP contribution in [0.1, 0.15) is 41.5 Å². The lowest BCUT2D eigenvalue weighted by Crippen LogP contribution is -2.53. The van der Waals surface area contributed by atoms with E-state index in [0.717, 1.165) is 49.8 Å². The van der Waals surface area contributed by atoms with Crippen molar-refractivity contribution in [3.8, 4) is 28.6 Å². The van der Waals surface area contributed by atoms with E-state index in [-0.39, 0.29) is 17.8 Å². The summed E-state index contributed by atoms with van der Waals surface area (Å²) in [6, 6.07) is 35.2. The Labute approximate surface area is 242 Å². The van der Waals surface area contributed by atoms with Crippen molar-refractivity contribution in [2.24, 2.45) is 5.41 Å². The van der Waals surface area contributed by atoms with Gasteiger partial charge in [-0.1, -0.05) is 72.8 Å². The summed E-state index contributed by atoms with van der Waals surface area (Å²) in [5, 5.41) is 22.1. The molecule has 2 bridgehead atoms. The average molecular weight is 547 g/mol. The van der Waals surface area contributed by atoms with Gasteiger partial charge in [0.05, 0.1) is 11.5 Å². The molecule has 0 saturated carbocycles. The first kappa shape index (κ1) is 24.3. The van der Waals surface area contributed by atoms with E-state index < -0.39 is 10.8 Å². The molecule has 7 nitrogen and oxygen atoms in total. The van der Waals surface area contributed by atoms with Crippen LogP contribution in [0.25, 0.3) is 33.4 Å². The molecule has 1 amide bonds. The van der Waals surface area contributed by atoms with E-state index in [2.05, 4.69) is 80.1 Å². The highest BCUT2D eigenvalue weighted by molar-refractivity contribution is 5.96. The predicted molar refractivity (Wildman–Crippen MR) is 162 cm³/mol. The number of nitriles is 1. The molecule has 0 radical (unpaired) electrons. The summed E-state index contributed by atoms with van der Waals surface area (Å²) in [7, 11) is 0. The zero-order valence-corrected chi connectivity index (χ0v) is 22.8. The van der Waals surface area contributed by atoms with Gasteiger partial charge in [0.25, 0.3) is 0 Å². The highest BCUT2D eigenvalue weighted by atomic mass is 16.2. The maximum Gasteiger partial charge on any atom is 0.249 e. The van der Waals surface area contributed by atoms with Gasteiger partial charge >= 0.3 is 0 Å². The van der Waals surface area contributed by atoms with Crippen molar-refractivity contribution in [1.82, 2.24) is 20.2 Å². The van der Waals surface area contributed by atoms with E-state index in [1.165, 1.54) is 0 Å². The van der Waals surface area contributed by atoms with E-state index in [4.69, 9.17) is 0 Å². The van der Waals surface area contributed by atoms with Gasteiger partial charge in [-0.15, -0.1) is 5.10 Å². The average Bonchev–Trinajstić information content (AvgIpc) is 3.71.